The molecule has 2 aliphatic rings. The molecule has 1 saturated heterocycles. The van der Waals surface area contributed by atoms with E-state index < -0.39 is 0 Å². The fourth-order valence-corrected chi connectivity index (χ4v) is 4.66. The van der Waals surface area contributed by atoms with E-state index in [0.29, 0.717) is 37.7 Å². The van der Waals surface area contributed by atoms with E-state index in [1.807, 2.05) is 71.6 Å². The molecule has 192 valence electrons. The van der Waals surface area contributed by atoms with Gasteiger partial charge < -0.3 is 19.4 Å². The first-order chi connectivity index (χ1) is 18.1. The van der Waals surface area contributed by atoms with E-state index in [4.69, 9.17) is 4.74 Å². The highest BCUT2D eigenvalue weighted by atomic mass is 16.5. The molecule has 0 unspecified atom stereocenters. The standard InChI is InChI=1S/C29H33N5O3/c1-37-25-12-10-23(11-13-25)26-14-15-27(31-30-26)32-16-5-17-33(19-18-32)28(35)21-34(20-22-8-9-22)29(36)24-6-3-2-4-7-24/h2-4,6-7,10-15,22H,5,8-9,16-21H2,1H3. The van der Waals surface area contributed by atoms with Crippen molar-refractivity contribution < 1.29 is 14.3 Å². The fourth-order valence-electron chi connectivity index (χ4n) is 4.66. The molecule has 0 radical (unpaired) electrons. The van der Waals surface area contributed by atoms with Crippen LogP contribution in [0.25, 0.3) is 11.3 Å². The minimum atomic E-state index is -0.0653. The maximum absolute atomic E-state index is 13.3. The van der Waals surface area contributed by atoms with Crippen LogP contribution in [0.5, 0.6) is 5.75 Å². The SMILES string of the molecule is COc1ccc(-c2ccc(N3CCCN(C(=O)CN(CC4CC4)C(=O)c4ccccc4)CC3)nn2)cc1. The number of hydrogen-bond acceptors (Lipinski definition) is 6. The van der Waals surface area contributed by atoms with Gasteiger partial charge in [-0.2, -0.15) is 0 Å². The molecule has 2 amide bonds. The van der Waals surface area contributed by atoms with Crippen LogP contribution >= 0.6 is 0 Å². The summed E-state index contributed by atoms with van der Waals surface area (Å²) in [5, 5.41) is 8.89. The van der Waals surface area contributed by atoms with Gasteiger partial charge in [0.15, 0.2) is 5.82 Å². The van der Waals surface area contributed by atoms with Gasteiger partial charge in [-0.3, -0.25) is 9.59 Å². The van der Waals surface area contributed by atoms with Gasteiger partial charge in [-0.05, 0) is 73.7 Å². The highest BCUT2D eigenvalue weighted by Crippen LogP contribution is 2.30. The first-order valence-electron chi connectivity index (χ1n) is 13.0. The van der Waals surface area contributed by atoms with Gasteiger partial charge in [0.25, 0.3) is 5.91 Å². The Morgan fingerprint density at radius 1 is 0.919 bits per heavy atom. The average Bonchev–Trinajstić information content (AvgIpc) is 3.80. The van der Waals surface area contributed by atoms with E-state index in [9.17, 15) is 9.59 Å². The number of hydrogen-bond donors (Lipinski definition) is 0. The number of methoxy groups -OCH3 is 1. The Kier molecular flexibility index (Phi) is 7.63. The molecular weight excluding hydrogens is 466 g/mol. The molecule has 1 saturated carbocycles. The van der Waals surface area contributed by atoms with Gasteiger partial charge in [-0.25, -0.2) is 0 Å². The zero-order valence-electron chi connectivity index (χ0n) is 21.3. The Bertz CT molecular complexity index is 1200. The largest absolute Gasteiger partial charge is 0.497 e. The number of rotatable bonds is 8. The number of benzene rings is 2. The van der Waals surface area contributed by atoms with Crippen molar-refractivity contribution in [2.45, 2.75) is 19.3 Å². The summed E-state index contributed by atoms with van der Waals surface area (Å²) < 4.78 is 5.22. The molecule has 1 aliphatic heterocycles. The van der Waals surface area contributed by atoms with Crippen LogP contribution in [-0.4, -0.2) is 78.2 Å². The lowest BCUT2D eigenvalue weighted by atomic mass is 10.1. The van der Waals surface area contributed by atoms with E-state index in [1.54, 1.807) is 12.0 Å². The highest BCUT2D eigenvalue weighted by Gasteiger charge is 2.30. The van der Waals surface area contributed by atoms with Crippen LogP contribution in [0.4, 0.5) is 5.82 Å². The number of aromatic nitrogens is 2. The third kappa shape index (κ3) is 6.25. The summed E-state index contributed by atoms with van der Waals surface area (Å²) in [7, 11) is 1.65. The number of nitrogens with zero attached hydrogens (tertiary/aromatic N) is 5. The molecule has 0 spiro atoms. The fraction of sp³-hybridized carbons (Fsp3) is 0.379. The third-order valence-electron chi connectivity index (χ3n) is 7.02. The second kappa shape index (κ2) is 11.4. The smallest absolute Gasteiger partial charge is 0.254 e. The van der Waals surface area contributed by atoms with E-state index in [2.05, 4.69) is 15.1 Å². The average molecular weight is 500 g/mol. The Morgan fingerprint density at radius 2 is 1.70 bits per heavy atom. The molecular formula is C29H33N5O3. The summed E-state index contributed by atoms with van der Waals surface area (Å²) in [5.74, 6) is 2.06. The summed E-state index contributed by atoms with van der Waals surface area (Å²) >= 11 is 0. The molecule has 3 aromatic rings. The normalized spacial score (nSPS) is 15.7. The van der Waals surface area contributed by atoms with Gasteiger partial charge in [0.1, 0.15) is 12.3 Å². The number of carbonyl (C=O) groups is 2. The maximum Gasteiger partial charge on any atom is 0.254 e. The van der Waals surface area contributed by atoms with Crippen molar-refractivity contribution in [1.82, 2.24) is 20.0 Å². The van der Waals surface area contributed by atoms with Crippen molar-refractivity contribution in [2.75, 3.05) is 51.3 Å². The van der Waals surface area contributed by atoms with E-state index in [0.717, 1.165) is 48.6 Å². The monoisotopic (exact) mass is 499 g/mol. The molecule has 5 rings (SSSR count). The second-order valence-electron chi connectivity index (χ2n) is 9.72. The van der Waals surface area contributed by atoms with Crippen LogP contribution in [0.2, 0.25) is 0 Å². The van der Waals surface area contributed by atoms with Gasteiger partial charge >= 0.3 is 0 Å². The van der Waals surface area contributed by atoms with E-state index in [1.165, 1.54) is 0 Å². The first-order valence-corrected chi connectivity index (χ1v) is 13.0. The van der Waals surface area contributed by atoms with Crippen LogP contribution in [0.15, 0.2) is 66.7 Å². The minimum absolute atomic E-state index is 0.00715. The number of carbonyl (C=O) groups excluding carboxylic acids is 2. The summed E-state index contributed by atoms with van der Waals surface area (Å²) in [6, 6.07) is 21.0. The zero-order valence-corrected chi connectivity index (χ0v) is 21.3. The van der Waals surface area contributed by atoms with Crippen LogP contribution < -0.4 is 9.64 Å². The number of ether oxygens (including phenoxy) is 1. The molecule has 1 aliphatic carbocycles. The van der Waals surface area contributed by atoms with E-state index >= 15 is 0 Å². The molecule has 1 aromatic heterocycles. The summed E-state index contributed by atoms with van der Waals surface area (Å²) in [4.78, 5) is 32.2. The van der Waals surface area contributed by atoms with Crippen molar-refractivity contribution in [3.05, 3.63) is 72.3 Å². The summed E-state index contributed by atoms with van der Waals surface area (Å²) in [6.45, 7) is 3.52. The predicted molar refractivity (Wildman–Crippen MR) is 142 cm³/mol. The topological polar surface area (TPSA) is 78.9 Å². The molecule has 0 atom stereocenters. The van der Waals surface area contributed by atoms with Crippen molar-refractivity contribution in [2.24, 2.45) is 5.92 Å². The maximum atomic E-state index is 13.3. The highest BCUT2D eigenvalue weighted by molar-refractivity contribution is 5.96. The van der Waals surface area contributed by atoms with Crippen molar-refractivity contribution in [3.8, 4) is 17.0 Å². The van der Waals surface area contributed by atoms with Gasteiger partial charge in [0.2, 0.25) is 5.91 Å². The molecule has 8 heteroatoms. The van der Waals surface area contributed by atoms with Crippen LogP contribution in [0.3, 0.4) is 0 Å². The lowest BCUT2D eigenvalue weighted by Gasteiger charge is -2.27. The molecule has 2 aromatic carbocycles. The van der Waals surface area contributed by atoms with Crippen molar-refractivity contribution in [3.63, 3.8) is 0 Å². The van der Waals surface area contributed by atoms with E-state index in [-0.39, 0.29) is 18.4 Å². The van der Waals surface area contributed by atoms with Crippen LogP contribution in [0, 0.1) is 5.92 Å². The molecule has 0 bridgehead atoms. The molecule has 8 nitrogen and oxygen atoms in total. The predicted octanol–water partition coefficient (Wildman–Crippen LogP) is 3.74. The second-order valence-corrected chi connectivity index (χ2v) is 9.72. The lowest BCUT2D eigenvalue weighted by molar-refractivity contribution is -0.131. The first kappa shape index (κ1) is 24.7. The molecule has 2 fully saturated rings. The quantitative estimate of drug-likeness (QED) is 0.470. The number of anilines is 1. The Balaban J connectivity index is 1.19. The van der Waals surface area contributed by atoms with Gasteiger partial charge in [-0.1, -0.05) is 18.2 Å². The zero-order chi connectivity index (χ0) is 25.6. The Hall–Kier alpha value is -3.94. The van der Waals surface area contributed by atoms with Crippen LogP contribution in [-0.2, 0) is 4.79 Å². The van der Waals surface area contributed by atoms with Crippen LogP contribution in [0.1, 0.15) is 29.6 Å². The summed E-state index contributed by atoms with van der Waals surface area (Å²) in [6.07, 6.45) is 3.09. The van der Waals surface area contributed by atoms with Crippen molar-refractivity contribution >= 4 is 17.6 Å². The Morgan fingerprint density at radius 3 is 2.38 bits per heavy atom. The molecule has 2 heterocycles. The van der Waals surface area contributed by atoms with Gasteiger partial charge in [0.05, 0.1) is 12.8 Å². The third-order valence-corrected chi connectivity index (χ3v) is 7.02. The van der Waals surface area contributed by atoms with Gasteiger partial charge in [0, 0.05) is 43.9 Å². The lowest BCUT2D eigenvalue weighted by Crippen LogP contribution is -2.45. The molecule has 0 N–H and O–H groups in total. The minimum Gasteiger partial charge on any atom is -0.497 e. The van der Waals surface area contributed by atoms with Crippen molar-refractivity contribution in [1.29, 1.82) is 0 Å². The summed E-state index contributed by atoms with van der Waals surface area (Å²) in [5.41, 5.74) is 2.42. The number of amides is 2. The Labute approximate surface area is 217 Å². The molecule has 37 heavy (non-hydrogen) atoms. The van der Waals surface area contributed by atoms with Gasteiger partial charge in [-0.15, -0.1) is 10.2 Å².